The number of hydrogen-bond acceptors (Lipinski definition) is 7. The number of ether oxygens (including phenoxy) is 1. The zero-order valence-electron chi connectivity index (χ0n) is 17.3. The van der Waals surface area contributed by atoms with Gasteiger partial charge in [0.2, 0.25) is 10.0 Å². The van der Waals surface area contributed by atoms with Crippen LogP contribution in [0.15, 0.2) is 34.5 Å². The average Bonchev–Trinajstić information content (AvgIpc) is 3.49. The van der Waals surface area contributed by atoms with E-state index in [9.17, 15) is 13.2 Å². The van der Waals surface area contributed by atoms with E-state index in [1.807, 2.05) is 29.4 Å². The molecule has 7 nitrogen and oxygen atoms in total. The van der Waals surface area contributed by atoms with Crippen LogP contribution < -0.4 is 10.0 Å². The third kappa shape index (κ3) is 4.67. The molecule has 0 amide bonds. The number of carbonyl (C=O) groups is 1. The lowest BCUT2D eigenvalue weighted by Gasteiger charge is -2.31. The van der Waals surface area contributed by atoms with Crippen molar-refractivity contribution >= 4 is 59.1 Å². The van der Waals surface area contributed by atoms with Crippen LogP contribution in [-0.4, -0.2) is 55.2 Å². The Morgan fingerprint density at radius 1 is 1.42 bits per heavy atom. The minimum absolute atomic E-state index is 0.234. The Bertz CT molecular complexity index is 1070. The van der Waals surface area contributed by atoms with E-state index in [0.29, 0.717) is 36.4 Å². The fourth-order valence-corrected chi connectivity index (χ4v) is 6.82. The van der Waals surface area contributed by atoms with Gasteiger partial charge in [0.05, 0.1) is 17.4 Å². The zero-order valence-corrected chi connectivity index (χ0v) is 20.8. The molecule has 4 rings (SSSR count). The molecule has 1 unspecified atom stereocenters. The van der Waals surface area contributed by atoms with E-state index in [2.05, 4.69) is 14.0 Å². The predicted molar refractivity (Wildman–Crippen MR) is 128 cm³/mol. The van der Waals surface area contributed by atoms with Gasteiger partial charge in [-0.2, -0.15) is 0 Å². The number of halogens is 1. The molecule has 31 heavy (non-hydrogen) atoms. The number of hydrogen-bond donors (Lipinski definition) is 1. The summed E-state index contributed by atoms with van der Waals surface area (Å²) in [7, 11) is -0.748. The van der Waals surface area contributed by atoms with Crippen molar-refractivity contribution < 1.29 is 17.9 Å². The standard InChI is InChI=1S/C20H25ClN3O4PS2/c1-3-28-19(25)17-16-8-11(23-31(26,27)13-5-6-13)10-24(16)20(30-2)22-18(17)14-7-4-12(29)9-15(14)21/h4,7,9,11,13,18,23H,3,5-6,8,10,29H2,1-2H3/t11-,18-/m0/s1. The lowest BCUT2D eigenvalue weighted by Crippen LogP contribution is -2.40. The highest BCUT2D eigenvalue weighted by atomic mass is 35.5. The van der Waals surface area contributed by atoms with E-state index in [0.717, 1.165) is 21.7 Å². The maximum Gasteiger partial charge on any atom is 0.338 e. The van der Waals surface area contributed by atoms with Crippen LogP contribution in [0, 0.1) is 0 Å². The highest BCUT2D eigenvalue weighted by molar-refractivity contribution is 8.13. The predicted octanol–water partition coefficient (Wildman–Crippen LogP) is 2.59. The topological polar surface area (TPSA) is 88.1 Å². The SMILES string of the molecule is CCOC(=O)C1=C2C[C@H](NS(=O)(=O)C3CC3)CN2C(SC)=N[C@H]1c1ccc(P)cc1Cl. The third-order valence-electron chi connectivity index (χ3n) is 5.51. The number of rotatable bonds is 6. The maximum absolute atomic E-state index is 13.0. The number of esters is 1. The van der Waals surface area contributed by atoms with Crippen molar-refractivity contribution in [2.75, 3.05) is 19.4 Å². The number of amidine groups is 1. The maximum atomic E-state index is 13.0. The van der Waals surface area contributed by atoms with Gasteiger partial charge in [0.25, 0.3) is 0 Å². The summed E-state index contributed by atoms with van der Waals surface area (Å²) in [4.78, 5) is 19.8. The summed E-state index contributed by atoms with van der Waals surface area (Å²) in [6.45, 7) is 2.42. The van der Waals surface area contributed by atoms with Crippen LogP contribution >= 0.6 is 32.6 Å². The zero-order chi connectivity index (χ0) is 22.3. The molecule has 0 aromatic heterocycles. The summed E-state index contributed by atoms with van der Waals surface area (Å²) in [5.74, 6) is -0.451. The number of fused-ring (bicyclic) bond motifs is 1. The lowest BCUT2D eigenvalue weighted by molar-refractivity contribution is -0.139. The van der Waals surface area contributed by atoms with Gasteiger partial charge in [-0.15, -0.1) is 9.24 Å². The molecule has 1 saturated heterocycles. The van der Waals surface area contributed by atoms with Crippen molar-refractivity contribution in [2.24, 2.45) is 4.99 Å². The summed E-state index contributed by atoms with van der Waals surface area (Å²) in [6.07, 6.45) is 3.71. The summed E-state index contributed by atoms with van der Waals surface area (Å²) in [6, 6.07) is 4.66. The van der Waals surface area contributed by atoms with Crippen molar-refractivity contribution in [1.82, 2.24) is 9.62 Å². The molecule has 2 aliphatic heterocycles. The summed E-state index contributed by atoms with van der Waals surface area (Å²) in [5.41, 5.74) is 1.89. The smallest absolute Gasteiger partial charge is 0.338 e. The van der Waals surface area contributed by atoms with Gasteiger partial charge in [0.15, 0.2) is 5.17 Å². The van der Waals surface area contributed by atoms with Crippen LogP contribution in [0.1, 0.15) is 37.8 Å². The number of benzene rings is 1. The van der Waals surface area contributed by atoms with Crippen LogP contribution in [0.2, 0.25) is 5.02 Å². The van der Waals surface area contributed by atoms with E-state index in [-0.39, 0.29) is 17.9 Å². The highest BCUT2D eigenvalue weighted by Gasteiger charge is 2.44. The van der Waals surface area contributed by atoms with Gasteiger partial charge in [0.1, 0.15) is 6.04 Å². The molecule has 1 aliphatic carbocycles. The minimum Gasteiger partial charge on any atom is -0.463 e. The van der Waals surface area contributed by atoms with Gasteiger partial charge >= 0.3 is 5.97 Å². The molecule has 1 saturated carbocycles. The molecule has 0 spiro atoms. The van der Waals surface area contributed by atoms with Crippen LogP contribution in [0.5, 0.6) is 0 Å². The number of sulfonamides is 1. The molecular formula is C20H25ClN3O4PS2. The van der Waals surface area contributed by atoms with Gasteiger partial charge in [-0.1, -0.05) is 35.5 Å². The molecule has 3 aliphatic rings. The molecule has 1 aromatic carbocycles. The van der Waals surface area contributed by atoms with Crippen molar-refractivity contribution in [3.63, 3.8) is 0 Å². The van der Waals surface area contributed by atoms with Crippen LogP contribution in [-0.2, 0) is 19.6 Å². The Morgan fingerprint density at radius 3 is 2.77 bits per heavy atom. The molecule has 0 bridgehead atoms. The molecule has 0 radical (unpaired) electrons. The largest absolute Gasteiger partial charge is 0.463 e. The van der Waals surface area contributed by atoms with E-state index in [4.69, 9.17) is 21.3 Å². The first kappa shape index (κ1) is 23.1. The van der Waals surface area contributed by atoms with E-state index < -0.39 is 22.0 Å². The Morgan fingerprint density at radius 2 is 2.16 bits per heavy atom. The second-order valence-corrected chi connectivity index (χ2v) is 11.6. The van der Waals surface area contributed by atoms with E-state index in [1.165, 1.54) is 11.8 Å². The van der Waals surface area contributed by atoms with Gasteiger partial charge in [-0.25, -0.2) is 22.9 Å². The Labute approximate surface area is 194 Å². The summed E-state index contributed by atoms with van der Waals surface area (Å²) < 4.78 is 33.2. The Kier molecular flexibility index (Phi) is 6.71. The average molecular weight is 502 g/mol. The molecule has 1 N–H and O–H groups in total. The van der Waals surface area contributed by atoms with Gasteiger partial charge in [-0.3, -0.25) is 0 Å². The van der Waals surface area contributed by atoms with Crippen LogP contribution in [0.3, 0.4) is 0 Å². The fourth-order valence-electron chi connectivity index (χ4n) is 3.97. The third-order valence-corrected chi connectivity index (χ3v) is 8.90. The first-order valence-electron chi connectivity index (χ1n) is 10.1. The quantitative estimate of drug-likeness (QED) is 0.476. The lowest BCUT2D eigenvalue weighted by atomic mass is 9.95. The Balaban J connectivity index is 1.76. The van der Waals surface area contributed by atoms with E-state index >= 15 is 0 Å². The molecule has 11 heteroatoms. The summed E-state index contributed by atoms with van der Waals surface area (Å²) in [5, 5.41) is 1.88. The number of thioether (sulfide) groups is 1. The Hall–Kier alpha value is -1.12. The van der Waals surface area contributed by atoms with Crippen molar-refractivity contribution in [2.45, 2.75) is 43.5 Å². The van der Waals surface area contributed by atoms with Crippen LogP contribution in [0.4, 0.5) is 0 Å². The highest BCUT2D eigenvalue weighted by Crippen LogP contribution is 2.43. The van der Waals surface area contributed by atoms with E-state index in [1.54, 1.807) is 6.92 Å². The van der Waals surface area contributed by atoms with Gasteiger partial charge < -0.3 is 9.64 Å². The number of nitrogens with one attached hydrogen (secondary N) is 1. The second kappa shape index (κ2) is 9.02. The molecule has 2 heterocycles. The second-order valence-electron chi connectivity index (χ2n) is 7.75. The number of aliphatic imine (C=N–C) groups is 1. The normalized spacial score (nSPS) is 23.6. The van der Waals surface area contributed by atoms with Gasteiger partial charge in [-0.05, 0) is 37.4 Å². The monoisotopic (exact) mass is 501 g/mol. The van der Waals surface area contributed by atoms with Crippen LogP contribution in [0.25, 0.3) is 0 Å². The number of nitrogens with zero attached hydrogens (tertiary/aromatic N) is 2. The van der Waals surface area contributed by atoms with Gasteiger partial charge in [0, 0.05) is 35.3 Å². The molecule has 3 atom stereocenters. The van der Waals surface area contributed by atoms with Crippen molar-refractivity contribution in [3.05, 3.63) is 40.1 Å². The molecular weight excluding hydrogens is 477 g/mol. The van der Waals surface area contributed by atoms with Crippen molar-refractivity contribution in [3.8, 4) is 0 Å². The number of carbonyl (C=O) groups excluding carboxylic acids is 1. The molecule has 2 fully saturated rings. The van der Waals surface area contributed by atoms with Crippen molar-refractivity contribution in [1.29, 1.82) is 0 Å². The molecule has 168 valence electrons. The first-order chi connectivity index (χ1) is 14.7. The minimum atomic E-state index is -3.35. The summed E-state index contributed by atoms with van der Waals surface area (Å²) >= 11 is 7.99. The first-order valence-corrected chi connectivity index (χ1v) is 13.8. The fraction of sp³-hybridized carbons (Fsp3) is 0.500. The molecule has 1 aromatic rings.